The highest BCUT2D eigenvalue weighted by Gasteiger charge is 2.14. The van der Waals surface area contributed by atoms with Crippen LogP contribution in [0.2, 0.25) is 0 Å². The average molecular weight is 264 g/mol. The van der Waals surface area contributed by atoms with Crippen LogP contribution < -0.4 is 10.3 Å². The van der Waals surface area contributed by atoms with E-state index in [-0.39, 0.29) is 17.2 Å². The van der Waals surface area contributed by atoms with Crippen molar-refractivity contribution in [2.24, 2.45) is 0 Å². The fourth-order valence-electron chi connectivity index (χ4n) is 1.48. The van der Waals surface area contributed by atoms with Crippen molar-refractivity contribution >= 4 is 5.97 Å². The number of H-pyrrole nitrogens is 1. The lowest BCUT2D eigenvalue weighted by atomic mass is 10.2. The van der Waals surface area contributed by atoms with Gasteiger partial charge in [-0.15, -0.1) is 0 Å². The number of aryl methyl sites for hydroxylation is 1. The summed E-state index contributed by atoms with van der Waals surface area (Å²) >= 11 is 0. The summed E-state index contributed by atoms with van der Waals surface area (Å²) in [6.45, 7) is 1.55. The number of halogens is 1. The smallest absolute Gasteiger partial charge is 0.339 e. The molecular weight excluding hydrogens is 255 g/mol. The van der Waals surface area contributed by atoms with E-state index in [4.69, 9.17) is 9.84 Å². The zero-order chi connectivity index (χ0) is 14.0. The molecule has 0 amide bonds. The van der Waals surface area contributed by atoms with E-state index in [1.807, 2.05) is 0 Å². The van der Waals surface area contributed by atoms with Gasteiger partial charge in [-0.25, -0.2) is 14.2 Å². The van der Waals surface area contributed by atoms with Gasteiger partial charge in [0, 0.05) is 0 Å². The van der Waals surface area contributed by atoms with Gasteiger partial charge < -0.3 is 14.8 Å². The van der Waals surface area contributed by atoms with Crippen molar-refractivity contribution in [1.29, 1.82) is 0 Å². The highest BCUT2D eigenvalue weighted by Crippen LogP contribution is 2.24. The lowest BCUT2D eigenvalue weighted by Gasteiger charge is -2.07. The molecule has 6 nitrogen and oxygen atoms in total. The number of hydrogen-bond donors (Lipinski definition) is 2. The Labute approximate surface area is 106 Å². The molecular formula is C12H9FN2O4. The third kappa shape index (κ3) is 2.95. The summed E-state index contributed by atoms with van der Waals surface area (Å²) < 4.78 is 18.2. The average Bonchev–Trinajstić information content (AvgIpc) is 2.30. The molecule has 2 aromatic rings. The SMILES string of the molecule is Cc1nc(Oc2ccc(F)cc2C(=O)O)cc(=O)[nH]1. The first kappa shape index (κ1) is 12.7. The molecule has 7 heteroatoms. The largest absolute Gasteiger partial charge is 0.478 e. The van der Waals surface area contributed by atoms with Crippen LogP contribution in [0.15, 0.2) is 29.1 Å². The number of nitrogens with one attached hydrogen (secondary N) is 1. The Balaban J connectivity index is 2.43. The molecule has 0 saturated carbocycles. The number of aromatic amines is 1. The Kier molecular flexibility index (Phi) is 3.28. The van der Waals surface area contributed by atoms with Crippen LogP contribution in [-0.2, 0) is 0 Å². The maximum atomic E-state index is 13.0. The number of benzene rings is 1. The van der Waals surface area contributed by atoms with Crippen molar-refractivity contribution in [2.45, 2.75) is 6.92 Å². The molecule has 1 heterocycles. The van der Waals surface area contributed by atoms with Gasteiger partial charge >= 0.3 is 5.97 Å². The third-order valence-corrected chi connectivity index (χ3v) is 2.22. The Morgan fingerprint density at radius 2 is 2.16 bits per heavy atom. The van der Waals surface area contributed by atoms with E-state index in [1.54, 1.807) is 6.92 Å². The van der Waals surface area contributed by atoms with Crippen LogP contribution in [0.4, 0.5) is 4.39 Å². The molecule has 1 aromatic carbocycles. The number of nitrogens with zero attached hydrogens (tertiary/aromatic N) is 1. The van der Waals surface area contributed by atoms with Crippen LogP contribution >= 0.6 is 0 Å². The van der Waals surface area contributed by atoms with Crippen LogP contribution in [0, 0.1) is 12.7 Å². The number of carboxylic acids is 1. The maximum Gasteiger partial charge on any atom is 0.339 e. The molecule has 0 aliphatic rings. The topological polar surface area (TPSA) is 92.3 Å². The van der Waals surface area contributed by atoms with Crippen molar-refractivity contribution in [1.82, 2.24) is 9.97 Å². The monoisotopic (exact) mass is 264 g/mol. The first-order chi connectivity index (χ1) is 8.95. The second-order valence-electron chi connectivity index (χ2n) is 3.72. The summed E-state index contributed by atoms with van der Waals surface area (Å²) in [7, 11) is 0. The van der Waals surface area contributed by atoms with E-state index in [0.717, 1.165) is 24.3 Å². The number of rotatable bonds is 3. The molecule has 0 atom stereocenters. The highest BCUT2D eigenvalue weighted by atomic mass is 19.1. The number of aromatic nitrogens is 2. The predicted octanol–water partition coefficient (Wildman–Crippen LogP) is 1.71. The van der Waals surface area contributed by atoms with Gasteiger partial charge in [0.05, 0.1) is 6.07 Å². The quantitative estimate of drug-likeness (QED) is 0.880. The van der Waals surface area contributed by atoms with Crippen molar-refractivity contribution < 1.29 is 19.0 Å². The van der Waals surface area contributed by atoms with E-state index < -0.39 is 17.3 Å². The molecule has 0 fully saturated rings. The molecule has 0 aliphatic heterocycles. The van der Waals surface area contributed by atoms with Gasteiger partial charge in [-0.05, 0) is 25.1 Å². The van der Waals surface area contributed by atoms with Gasteiger partial charge in [0.1, 0.15) is 23.0 Å². The van der Waals surface area contributed by atoms with Gasteiger partial charge in [0.2, 0.25) is 5.88 Å². The fourth-order valence-corrected chi connectivity index (χ4v) is 1.48. The van der Waals surface area contributed by atoms with Gasteiger partial charge in [-0.2, -0.15) is 0 Å². The van der Waals surface area contributed by atoms with Crippen molar-refractivity contribution in [3.05, 3.63) is 51.8 Å². The van der Waals surface area contributed by atoms with Gasteiger partial charge in [0.15, 0.2) is 0 Å². The zero-order valence-corrected chi connectivity index (χ0v) is 9.81. The Bertz CT molecular complexity index is 696. The van der Waals surface area contributed by atoms with E-state index >= 15 is 0 Å². The molecule has 19 heavy (non-hydrogen) atoms. The van der Waals surface area contributed by atoms with Crippen LogP contribution in [-0.4, -0.2) is 21.0 Å². The lowest BCUT2D eigenvalue weighted by Crippen LogP contribution is -2.09. The molecule has 0 aliphatic carbocycles. The summed E-state index contributed by atoms with van der Waals surface area (Å²) in [5, 5.41) is 8.94. The van der Waals surface area contributed by atoms with Crippen LogP contribution in [0.3, 0.4) is 0 Å². The summed E-state index contributed by atoms with van der Waals surface area (Å²) in [4.78, 5) is 28.5. The number of carboxylic acid groups (broad SMARTS) is 1. The molecule has 2 N–H and O–H groups in total. The molecule has 0 bridgehead atoms. The molecule has 98 valence electrons. The van der Waals surface area contributed by atoms with Crippen molar-refractivity contribution in [3.8, 4) is 11.6 Å². The molecule has 0 saturated heterocycles. The maximum absolute atomic E-state index is 13.0. The predicted molar refractivity (Wildman–Crippen MR) is 63.0 cm³/mol. The first-order valence-electron chi connectivity index (χ1n) is 5.24. The Hall–Kier alpha value is -2.70. The normalized spacial score (nSPS) is 10.2. The van der Waals surface area contributed by atoms with Crippen LogP contribution in [0.1, 0.15) is 16.2 Å². The number of ether oxygens (including phenoxy) is 1. The number of aromatic carboxylic acids is 1. The lowest BCUT2D eigenvalue weighted by molar-refractivity contribution is 0.0693. The second-order valence-corrected chi connectivity index (χ2v) is 3.72. The van der Waals surface area contributed by atoms with E-state index in [9.17, 15) is 14.0 Å². The minimum atomic E-state index is -1.34. The number of hydrogen-bond acceptors (Lipinski definition) is 4. The molecule has 0 radical (unpaired) electrons. The zero-order valence-electron chi connectivity index (χ0n) is 9.81. The fraction of sp³-hybridized carbons (Fsp3) is 0.0833. The van der Waals surface area contributed by atoms with Crippen molar-refractivity contribution in [2.75, 3.05) is 0 Å². The minimum Gasteiger partial charge on any atom is -0.478 e. The number of carbonyl (C=O) groups is 1. The highest BCUT2D eigenvalue weighted by molar-refractivity contribution is 5.90. The Morgan fingerprint density at radius 3 is 2.79 bits per heavy atom. The van der Waals surface area contributed by atoms with E-state index in [0.29, 0.717) is 5.82 Å². The summed E-state index contributed by atoms with van der Waals surface area (Å²) in [5.74, 6) is -1.86. The van der Waals surface area contributed by atoms with Crippen LogP contribution in [0.25, 0.3) is 0 Å². The van der Waals surface area contributed by atoms with Crippen LogP contribution in [0.5, 0.6) is 11.6 Å². The van der Waals surface area contributed by atoms with Gasteiger partial charge in [0.25, 0.3) is 5.56 Å². The summed E-state index contributed by atoms with van der Waals surface area (Å²) in [5.41, 5.74) is -0.777. The molecule has 0 unspecified atom stereocenters. The van der Waals surface area contributed by atoms with Crippen molar-refractivity contribution in [3.63, 3.8) is 0 Å². The standard InChI is InChI=1S/C12H9FN2O4/c1-6-14-10(16)5-11(15-6)19-9-3-2-7(13)4-8(9)12(17)18/h2-5H,1H3,(H,17,18)(H,14,15,16). The van der Waals surface area contributed by atoms with E-state index in [1.165, 1.54) is 0 Å². The minimum absolute atomic E-state index is 0.0599. The van der Waals surface area contributed by atoms with Gasteiger partial charge in [-0.3, -0.25) is 4.79 Å². The third-order valence-electron chi connectivity index (χ3n) is 2.22. The molecule has 1 aromatic heterocycles. The first-order valence-corrected chi connectivity index (χ1v) is 5.24. The van der Waals surface area contributed by atoms with E-state index in [2.05, 4.69) is 9.97 Å². The summed E-state index contributed by atoms with van der Waals surface area (Å²) in [6, 6.07) is 4.12. The molecule has 2 rings (SSSR count). The van der Waals surface area contributed by atoms with Gasteiger partial charge in [-0.1, -0.05) is 0 Å². The molecule has 0 spiro atoms. The summed E-state index contributed by atoms with van der Waals surface area (Å²) in [6.07, 6.45) is 0. The Morgan fingerprint density at radius 1 is 1.42 bits per heavy atom. The second kappa shape index (κ2) is 4.89.